The number of fused-ring (bicyclic) bond motifs is 4. The SMILES string of the molecule is COC(=O)N[C@H](C(=O)n1cccc1-c1nc2ccc(-c3cc4n(n3)[C@H](c3ccccc3)Oc3cc(-c5cnc(-c6cccn6C(=O)[C@@H](NC(=O)O)C(C)C)[nH]5)ccc3-4)cc2[nH]1)C(C)C. The van der Waals surface area contributed by atoms with Crippen LogP contribution in [0.25, 0.3) is 67.8 Å². The summed E-state index contributed by atoms with van der Waals surface area (Å²) in [5.74, 6) is 0.326. The second-order valence-corrected chi connectivity index (χ2v) is 16.1. The fourth-order valence-electron chi connectivity index (χ4n) is 7.98. The van der Waals surface area contributed by atoms with Crippen LogP contribution in [0.2, 0.25) is 0 Å². The van der Waals surface area contributed by atoms with Crippen molar-refractivity contribution >= 4 is 35.0 Å². The average Bonchev–Trinajstić information content (AvgIpc) is 4.15. The Labute approximate surface area is 366 Å². The molecule has 0 aliphatic carbocycles. The van der Waals surface area contributed by atoms with Crippen molar-refractivity contribution in [1.29, 1.82) is 0 Å². The molecular weight excluding hydrogens is 817 g/mol. The number of nitrogens with zero attached hydrogens (tertiary/aromatic N) is 6. The van der Waals surface area contributed by atoms with E-state index in [1.165, 1.54) is 16.2 Å². The smallest absolute Gasteiger partial charge is 0.407 e. The van der Waals surface area contributed by atoms with Crippen molar-refractivity contribution in [3.8, 4) is 62.6 Å². The van der Waals surface area contributed by atoms with Crippen LogP contribution < -0.4 is 15.4 Å². The van der Waals surface area contributed by atoms with Gasteiger partial charge in [0.25, 0.3) is 11.8 Å². The molecule has 1 aliphatic rings. The van der Waals surface area contributed by atoms with E-state index in [1.54, 1.807) is 56.7 Å². The maximum absolute atomic E-state index is 13.7. The van der Waals surface area contributed by atoms with E-state index in [1.807, 2.05) is 91.3 Å². The molecular formula is C47H44N10O7. The van der Waals surface area contributed by atoms with Gasteiger partial charge in [-0.3, -0.25) is 18.7 Å². The summed E-state index contributed by atoms with van der Waals surface area (Å²) >= 11 is 0. The van der Waals surface area contributed by atoms with Gasteiger partial charge in [-0.15, -0.1) is 0 Å². The molecule has 0 fully saturated rings. The Hall–Kier alpha value is -8.21. The molecule has 17 nitrogen and oxygen atoms in total. The largest absolute Gasteiger partial charge is 0.465 e. The van der Waals surface area contributed by atoms with Crippen LogP contribution in [0.15, 0.2) is 116 Å². The number of carboxylic acid groups (broad SMARTS) is 1. The summed E-state index contributed by atoms with van der Waals surface area (Å²) in [6, 6.07) is 28.8. The van der Waals surface area contributed by atoms with E-state index in [0.717, 1.165) is 33.5 Å². The third-order valence-electron chi connectivity index (χ3n) is 11.3. The Morgan fingerprint density at radius 1 is 0.750 bits per heavy atom. The van der Waals surface area contributed by atoms with Gasteiger partial charge in [0, 0.05) is 34.6 Å². The summed E-state index contributed by atoms with van der Waals surface area (Å²) in [7, 11) is 1.26. The molecule has 17 heteroatoms. The number of hydrogen-bond donors (Lipinski definition) is 5. The van der Waals surface area contributed by atoms with Gasteiger partial charge in [0.1, 0.15) is 17.8 Å². The van der Waals surface area contributed by atoms with Gasteiger partial charge in [0.2, 0.25) is 6.23 Å². The first-order valence-electron chi connectivity index (χ1n) is 20.7. The van der Waals surface area contributed by atoms with Crippen LogP contribution in [0.4, 0.5) is 9.59 Å². The summed E-state index contributed by atoms with van der Waals surface area (Å²) in [6.45, 7) is 7.26. The molecule has 2 amide bonds. The van der Waals surface area contributed by atoms with Crippen LogP contribution in [0.3, 0.4) is 0 Å². The molecule has 0 radical (unpaired) electrons. The van der Waals surface area contributed by atoms with E-state index >= 15 is 0 Å². The lowest BCUT2D eigenvalue weighted by Crippen LogP contribution is -2.46. The average molecular weight is 861 g/mol. The number of carbonyl (C=O) groups is 4. The number of nitrogens with one attached hydrogen (secondary N) is 4. The highest BCUT2D eigenvalue weighted by atomic mass is 16.5. The lowest BCUT2D eigenvalue weighted by atomic mass is 10.0. The summed E-state index contributed by atoms with van der Waals surface area (Å²) in [4.78, 5) is 66.9. The maximum atomic E-state index is 13.7. The third-order valence-corrected chi connectivity index (χ3v) is 11.3. The Kier molecular flexibility index (Phi) is 10.7. The summed E-state index contributed by atoms with van der Waals surface area (Å²) in [5.41, 5.74) is 8.03. The highest BCUT2D eigenvalue weighted by molar-refractivity contribution is 5.92. The van der Waals surface area contributed by atoms with E-state index < -0.39 is 36.4 Å². The number of rotatable bonds is 11. The lowest BCUT2D eigenvalue weighted by molar-refractivity contribution is 0.0818. The summed E-state index contributed by atoms with van der Waals surface area (Å²) in [5, 5.41) is 19.4. The fraction of sp³-hybridized carbons (Fsp3) is 0.213. The zero-order valence-corrected chi connectivity index (χ0v) is 35.4. The van der Waals surface area contributed by atoms with Gasteiger partial charge in [0.15, 0.2) is 11.6 Å². The summed E-state index contributed by atoms with van der Waals surface area (Å²) in [6.07, 6.45) is 2.37. The molecule has 0 saturated heterocycles. The second kappa shape index (κ2) is 16.6. The third kappa shape index (κ3) is 7.56. The van der Waals surface area contributed by atoms with Crippen molar-refractivity contribution in [3.05, 3.63) is 121 Å². The van der Waals surface area contributed by atoms with Gasteiger partial charge in [-0.1, -0.05) is 70.2 Å². The number of amides is 2. The van der Waals surface area contributed by atoms with Crippen molar-refractivity contribution in [2.45, 2.75) is 46.0 Å². The number of methoxy groups -OCH3 is 1. The molecule has 9 rings (SSSR count). The zero-order valence-electron chi connectivity index (χ0n) is 35.4. The maximum Gasteiger partial charge on any atom is 0.407 e. The van der Waals surface area contributed by atoms with E-state index in [9.17, 15) is 24.3 Å². The Balaban J connectivity index is 1.03. The van der Waals surface area contributed by atoms with E-state index in [4.69, 9.17) is 19.6 Å². The van der Waals surface area contributed by atoms with Gasteiger partial charge < -0.3 is 35.2 Å². The highest BCUT2D eigenvalue weighted by Crippen LogP contribution is 2.44. The number of imidazole rings is 2. The van der Waals surface area contributed by atoms with E-state index in [2.05, 4.69) is 25.6 Å². The predicted molar refractivity (Wildman–Crippen MR) is 238 cm³/mol. The second-order valence-electron chi connectivity index (χ2n) is 16.1. The minimum absolute atomic E-state index is 0.203. The molecule has 0 saturated carbocycles. The monoisotopic (exact) mass is 860 g/mol. The topological polar surface area (TPSA) is 216 Å². The van der Waals surface area contributed by atoms with Gasteiger partial charge >= 0.3 is 12.2 Å². The number of benzene rings is 3. The molecule has 5 aromatic heterocycles. The number of H-pyrrole nitrogens is 2. The van der Waals surface area contributed by atoms with E-state index in [-0.39, 0.29) is 17.7 Å². The van der Waals surface area contributed by atoms with Crippen LogP contribution in [-0.4, -0.2) is 87.2 Å². The van der Waals surface area contributed by atoms with Gasteiger partial charge in [-0.25, -0.2) is 24.2 Å². The number of hydrogen-bond acceptors (Lipinski definition) is 9. The van der Waals surface area contributed by atoms with Crippen LogP contribution in [0, 0.1) is 11.8 Å². The molecule has 3 aromatic carbocycles. The van der Waals surface area contributed by atoms with Gasteiger partial charge in [-0.05, 0) is 66.4 Å². The Morgan fingerprint density at radius 3 is 2.09 bits per heavy atom. The standard InChI is InChI=1S/C47H44N10O7/c1-25(2)39(52-46(60)61)43(58)55-19-9-13-35(55)41-48-24-34(51-41)29-15-17-30-37-23-32(54-57(37)45(64-38(30)22-29)27-11-7-6-8-12-27)28-16-18-31-33(21-28)50-42(49-31)36-14-10-20-56(36)44(59)40(26(3)4)53-47(62)63-5/h6-26,39-40,45,52H,1-5H3,(H,48,51)(H,49,50)(H,53,62)(H,60,61)/t39-,40-,45-/m0/s1. The molecule has 5 N–H and O–H groups in total. The Bertz CT molecular complexity index is 3060. The molecule has 324 valence electrons. The van der Waals surface area contributed by atoms with Crippen molar-refractivity contribution in [2.75, 3.05) is 7.11 Å². The number of aromatic amines is 2. The number of carbonyl (C=O) groups excluding carboxylic acids is 3. The van der Waals surface area contributed by atoms with Crippen LogP contribution in [-0.2, 0) is 4.74 Å². The molecule has 6 heterocycles. The first-order chi connectivity index (χ1) is 30.9. The zero-order chi connectivity index (χ0) is 44.8. The number of ether oxygens (including phenoxy) is 2. The predicted octanol–water partition coefficient (Wildman–Crippen LogP) is 8.31. The highest BCUT2D eigenvalue weighted by Gasteiger charge is 2.32. The van der Waals surface area contributed by atoms with Crippen molar-refractivity contribution < 1.29 is 33.8 Å². The van der Waals surface area contributed by atoms with Crippen LogP contribution in [0.5, 0.6) is 5.75 Å². The Morgan fingerprint density at radius 2 is 1.42 bits per heavy atom. The van der Waals surface area contributed by atoms with Crippen molar-refractivity contribution in [3.63, 3.8) is 0 Å². The minimum atomic E-state index is -1.28. The molecule has 0 bridgehead atoms. The van der Waals surface area contributed by atoms with Gasteiger partial charge in [-0.2, -0.15) is 5.10 Å². The van der Waals surface area contributed by atoms with Crippen molar-refractivity contribution in [2.24, 2.45) is 11.8 Å². The molecule has 0 unspecified atom stereocenters. The first-order valence-corrected chi connectivity index (χ1v) is 20.7. The van der Waals surface area contributed by atoms with E-state index in [0.29, 0.717) is 45.7 Å². The molecule has 3 atom stereocenters. The summed E-state index contributed by atoms with van der Waals surface area (Å²) < 4.78 is 16.3. The molecule has 1 aliphatic heterocycles. The number of alkyl carbamates (subject to hydrolysis) is 1. The number of aromatic nitrogens is 8. The van der Waals surface area contributed by atoms with Crippen molar-refractivity contribution in [1.82, 2.24) is 49.5 Å². The van der Waals surface area contributed by atoms with Gasteiger partial charge in [0.05, 0.1) is 52.8 Å². The van der Waals surface area contributed by atoms with Crippen LogP contribution >= 0.6 is 0 Å². The first kappa shape index (κ1) is 41.2. The molecule has 0 spiro atoms. The van der Waals surface area contributed by atoms with Crippen LogP contribution in [0.1, 0.15) is 49.1 Å². The molecule has 64 heavy (non-hydrogen) atoms. The molecule has 8 aromatic rings. The fourth-order valence-corrected chi connectivity index (χ4v) is 7.98. The quantitative estimate of drug-likeness (QED) is 0.0838. The minimum Gasteiger partial charge on any atom is -0.465 e. The normalized spacial score (nSPS) is 14.1. The lowest BCUT2D eigenvalue weighted by Gasteiger charge is -2.28.